The number of H-pyrrole nitrogens is 1. The third kappa shape index (κ3) is 4.36. The van der Waals surface area contributed by atoms with Crippen LogP contribution in [-0.2, 0) is 11.2 Å². The summed E-state index contributed by atoms with van der Waals surface area (Å²) in [7, 11) is 1.67. The highest BCUT2D eigenvalue weighted by Gasteiger charge is 2.23. The molecule has 2 aromatic carbocycles. The van der Waals surface area contributed by atoms with E-state index in [1.165, 1.54) is 23.8 Å². The summed E-state index contributed by atoms with van der Waals surface area (Å²) in [5.41, 5.74) is 4.48. The maximum atomic E-state index is 12.6. The van der Waals surface area contributed by atoms with Crippen LogP contribution < -0.4 is 10.1 Å². The number of para-hydroxylation sites is 1. The molecule has 0 aliphatic carbocycles. The van der Waals surface area contributed by atoms with Crippen molar-refractivity contribution in [3.63, 3.8) is 0 Å². The molecule has 1 aromatic heterocycles. The molecule has 4 rings (SSSR count). The van der Waals surface area contributed by atoms with Crippen LogP contribution in [0.1, 0.15) is 31.7 Å². The summed E-state index contributed by atoms with van der Waals surface area (Å²) in [5, 5.41) is 4.35. The molecule has 5 nitrogen and oxygen atoms in total. The van der Waals surface area contributed by atoms with Gasteiger partial charge >= 0.3 is 0 Å². The largest absolute Gasteiger partial charge is 0.497 e. The number of aryl methyl sites for hydroxylation is 1. The average molecular weight is 406 g/mol. The first kappa shape index (κ1) is 20.5. The molecule has 1 atom stereocenters. The van der Waals surface area contributed by atoms with Crippen molar-refractivity contribution in [3.05, 3.63) is 54.1 Å². The molecular formula is C25H31N3O2. The highest BCUT2D eigenvalue weighted by atomic mass is 16.5. The van der Waals surface area contributed by atoms with Crippen molar-refractivity contribution in [1.82, 2.24) is 15.2 Å². The summed E-state index contributed by atoms with van der Waals surface area (Å²) in [5.74, 6) is 0.965. The van der Waals surface area contributed by atoms with E-state index < -0.39 is 0 Å². The normalized spacial score (nSPS) is 16.8. The van der Waals surface area contributed by atoms with Crippen LogP contribution >= 0.6 is 0 Å². The lowest BCUT2D eigenvalue weighted by Crippen LogP contribution is -2.40. The van der Waals surface area contributed by atoms with Gasteiger partial charge in [0.2, 0.25) is 5.91 Å². The van der Waals surface area contributed by atoms with Gasteiger partial charge in [-0.2, -0.15) is 0 Å². The van der Waals surface area contributed by atoms with Gasteiger partial charge in [0.25, 0.3) is 0 Å². The Bertz CT molecular complexity index is 993. The Kier molecular flexibility index (Phi) is 6.38. The number of likely N-dealkylation sites (tertiary alicyclic amines) is 1. The fraction of sp³-hybridized carbons (Fsp3) is 0.400. The molecule has 1 amide bonds. The number of methoxy groups -OCH3 is 1. The minimum absolute atomic E-state index is 0.129. The fourth-order valence-electron chi connectivity index (χ4n) is 4.57. The number of amides is 1. The molecule has 1 aliphatic heterocycles. The fourth-order valence-corrected chi connectivity index (χ4v) is 4.57. The zero-order chi connectivity index (χ0) is 20.9. The minimum Gasteiger partial charge on any atom is -0.497 e. The molecule has 5 heteroatoms. The summed E-state index contributed by atoms with van der Waals surface area (Å²) in [6.45, 7) is 5.16. The second-order valence-corrected chi connectivity index (χ2v) is 7.98. The first-order valence-electron chi connectivity index (χ1n) is 10.9. The van der Waals surface area contributed by atoms with Gasteiger partial charge in [-0.05, 0) is 73.8 Å². The van der Waals surface area contributed by atoms with Crippen molar-refractivity contribution in [2.45, 2.75) is 38.6 Å². The Morgan fingerprint density at radius 1 is 1.20 bits per heavy atom. The lowest BCUT2D eigenvalue weighted by atomic mass is 10.0. The summed E-state index contributed by atoms with van der Waals surface area (Å²) in [6, 6.07) is 16.9. The maximum Gasteiger partial charge on any atom is 0.220 e. The van der Waals surface area contributed by atoms with Crippen LogP contribution in [-0.4, -0.2) is 48.6 Å². The Morgan fingerprint density at radius 3 is 2.77 bits per heavy atom. The summed E-state index contributed by atoms with van der Waals surface area (Å²) >= 11 is 0. The van der Waals surface area contributed by atoms with E-state index in [2.05, 4.69) is 52.5 Å². The van der Waals surface area contributed by atoms with Crippen LogP contribution in [0.25, 0.3) is 22.2 Å². The van der Waals surface area contributed by atoms with E-state index >= 15 is 0 Å². The predicted octanol–water partition coefficient (Wildman–Crippen LogP) is 4.38. The summed E-state index contributed by atoms with van der Waals surface area (Å²) in [4.78, 5) is 18.6. The molecule has 0 radical (unpaired) electrons. The Morgan fingerprint density at radius 2 is 2.00 bits per heavy atom. The van der Waals surface area contributed by atoms with Gasteiger partial charge in [-0.15, -0.1) is 0 Å². The first-order chi connectivity index (χ1) is 14.7. The molecule has 3 aromatic rings. The summed E-state index contributed by atoms with van der Waals surface area (Å²) in [6.07, 6.45) is 3.61. The van der Waals surface area contributed by atoms with Crippen LogP contribution in [0.15, 0.2) is 48.5 Å². The number of hydrogen-bond donors (Lipinski definition) is 2. The lowest BCUT2D eigenvalue weighted by molar-refractivity contribution is -0.121. The van der Waals surface area contributed by atoms with E-state index in [9.17, 15) is 4.79 Å². The first-order valence-corrected chi connectivity index (χ1v) is 10.9. The van der Waals surface area contributed by atoms with E-state index in [1.54, 1.807) is 7.11 Å². The van der Waals surface area contributed by atoms with Crippen molar-refractivity contribution in [3.8, 4) is 17.0 Å². The number of ether oxygens (including phenoxy) is 1. The van der Waals surface area contributed by atoms with E-state index in [0.29, 0.717) is 18.9 Å². The second-order valence-electron chi connectivity index (χ2n) is 7.98. The number of fused-ring (bicyclic) bond motifs is 1. The van der Waals surface area contributed by atoms with Crippen molar-refractivity contribution < 1.29 is 9.53 Å². The molecule has 2 heterocycles. The highest BCUT2D eigenvalue weighted by Crippen LogP contribution is 2.32. The van der Waals surface area contributed by atoms with E-state index in [-0.39, 0.29) is 5.91 Å². The van der Waals surface area contributed by atoms with E-state index in [0.717, 1.165) is 42.2 Å². The minimum atomic E-state index is 0.129. The van der Waals surface area contributed by atoms with Gasteiger partial charge in [0.1, 0.15) is 5.75 Å². The van der Waals surface area contributed by atoms with Gasteiger partial charge < -0.3 is 15.0 Å². The Hall–Kier alpha value is -2.79. The molecular weight excluding hydrogens is 374 g/mol. The van der Waals surface area contributed by atoms with Crippen molar-refractivity contribution in [1.29, 1.82) is 0 Å². The number of likely N-dealkylation sites (N-methyl/N-ethyl adjacent to an activating group) is 1. The number of aromatic nitrogens is 1. The lowest BCUT2D eigenvalue weighted by Gasteiger charge is -2.22. The van der Waals surface area contributed by atoms with E-state index in [1.807, 2.05) is 18.2 Å². The standard InChI is InChI=1S/C25H31N3O2/c1-3-28-16-6-7-19(28)17-26-24(29)15-14-22-21-8-4-5-9-23(21)27-25(22)18-10-12-20(30-2)13-11-18/h4-5,8-13,19,27H,3,6-7,14-17H2,1-2H3,(H,26,29)/t19-/m1/s1. The van der Waals surface area contributed by atoms with Gasteiger partial charge in [0.05, 0.1) is 7.11 Å². The third-order valence-electron chi connectivity index (χ3n) is 6.23. The molecule has 0 saturated carbocycles. The quantitative estimate of drug-likeness (QED) is 0.585. The monoisotopic (exact) mass is 405 g/mol. The zero-order valence-corrected chi connectivity index (χ0v) is 17.9. The molecule has 0 unspecified atom stereocenters. The van der Waals surface area contributed by atoms with Crippen molar-refractivity contribution in [2.24, 2.45) is 0 Å². The van der Waals surface area contributed by atoms with Crippen LogP contribution in [0.4, 0.5) is 0 Å². The molecule has 2 N–H and O–H groups in total. The average Bonchev–Trinajstić information content (AvgIpc) is 3.40. The van der Waals surface area contributed by atoms with Gasteiger partial charge in [-0.3, -0.25) is 9.69 Å². The highest BCUT2D eigenvalue weighted by molar-refractivity contribution is 5.91. The van der Waals surface area contributed by atoms with Crippen LogP contribution in [0.2, 0.25) is 0 Å². The van der Waals surface area contributed by atoms with Crippen molar-refractivity contribution in [2.75, 3.05) is 26.7 Å². The van der Waals surface area contributed by atoms with Gasteiger partial charge in [-0.1, -0.05) is 25.1 Å². The Balaban J connectivity index is 1.48. The van der Waals surface area contributed by atoms with Gasteiger partial charge in [-0.25, -0.2) is 0 Å². The van der Waals surface area contributed by atoms with Crippen molar-refractivity contribution >= 4 is 16.8 Å². The number of hydrogen-bond acceptors (Lipinski definition) is 3. The number of nitrogens with one attached hydrogen (secondary N) is 2. The van der Waals surface area contributed by atoms with Crippen LogP contribution in [0.3, 0.4) is 0 Å². The smallest absolute Gasteiger partial charge is 0.220 e. The number of rotatable bonds is 8. The maximum absolute atomic E-state index is 12.6. The van der Waals surface area contributed by atoms with Crippen LogP contribution in [0, 0.1) is 0 Å². The molecule has 1 saturated heterocycles. The predicted molar refractivity (Wildman–Crippen MR) is 122 cm³/mol. The molecule has 158 valence electrons. The second kappa shape index (κ2) is 9.35. The molecule has 0 spiro atoms. The number of nitrogens with zero attached hydrogens (tertiary/aromatic N) is 1. The molecule has 1 fully saturated rings. The zero-order valence-electron chi connectivity index (χ0n) is 17.9. The summed E-state index contributed by atoms with van der Waals surface area (Å²) < 4.78 is 5.29. The third-order valence-corrected chi connectivity index (χ3v) is 6.23. The number of aromatic amines is 1. The van der Waals surface area contributed by atoms with Crippen LogP contribution in [0.5, 0.6) is 5.75 Å². The van der Waals surface area contributed by atoms with Gasteiger partial charge in [0.15, 0.2) is 0 Å². The molecule has 0 bridgehead atoms. The topological polar surface area (TPSA) is 57.4 Å². The van der Waals surface area contributed by atoms with Gasteiger partial charge in [0, 0.05) is 35.6 Å². The molecule has 30 heavy (non-hydrogen) atoms. The SMILES string of the molecule is CCN1CCC[C@@H]1CNC(=O)CCc1c(-c2ccc(OC)cc2)[nH]c2ccccc12. The van der Waals surface area contributed by atoms with E-state index in [4.69, 9.17) is 4.74 Å². The number of carbonyl (C=O) groups is 1. The molecule has 1 aliphatic rings. The Labute approximate surface area is 178 Å². The number of benzene rings is 2. The number of carbonyl (C=O) groups excluding carboxylic acids is 1.